The molecule has 1 fully saturated rings. The third kappa shape index (κ3) is 4.17. The number of sulfonamides is 1. The molecule has 0 unspecified atom stereocenters. The Hall–Kier alpha value is -0.670. The fourth-order valence-electron chi connectivity index (χ4n) is 2.12. The molecule has 1 heterocycles. The predicted molar refractivity (Wildman–Crippen MR) is 82.8 cm³/mol. The van der Waals surface area contributed by atoms with Gasteiger partial charge < -0.3 is 5.73 Å². The Kier molecular flexibility index (Phi) is 5.79. The molecule has 0 saturated carbocycles. The Labute approximate surface area is 131 Å². The normalized spacial score (nSPS) is 18.2. The summed E-state index contributed by atoms with van der Waals surface area (Å²) in [5.41, 5.74) is 5.76. The van der Waals surface area contributed by atoms with Crippen molar-refractivity contribution in [1.82, 2.24) is 4.31 Å². The van der Waals surface area contributed by atoms with Crippen molar-refractivity contribution in [3.63, 3.8) is 0 Å². The average molecular weight is 355 g/mol. The Balaban J connectivity index is 0.00000220. The van der Waals surface area contributed by atoms with Crippen LogP contribution in [0.1, 0.15) is 12.8 Å². The van der Waals surface area contributed by atoms with Crippen LogP contribution in [0.5, 0.6) is 0 Å². The van der Waals surface area contributed by atoms with E-state index in [1.807, 2.05) is 0 Å². The third-order valence-corrected chi connectivity index (χ3v) is 6.43. The van der Waals surface area contributed by atoms with Crippen molar-refractivity contribution >= 4 is 32.3 Å². The topological polar surface area (TPSA) is 97.5 Å². The molecule has 1 aromatic rings. The van der Waals surface area contributed by atoms with Crippen LogP contribution in [0.3, 0.4) is 0 Å². The Morgan fingerprint density at radius 3 is 1.86 bits per heavy atom. The van der Waals surface area contributed by atoms with Gasteiger partial charge in [0.1, 0.15) is 0 Å². The van der Waals surface area contributed by atoms with Crippen molar-refractivity contribution in [1.29, 1.82) is 0 Å². The summed E-state index contributed by atoms with van der Waals surface area (Å²) in [5.74, 6) is 0. The zero-order valence-electron chi connectivity index (χ0n) is 11.6. The van der Waals surface area contributed by atoms with Crippen molar-refractivity contribution in [3.8, 4) is 0 Å². The van der Waals surface area contributed by atoms with Crippen LogP contribution in [-0.2, 0) is 19.9 Å². The van der Waals surface area contributed by atoms with Gasteiger partial charge in [0.15, 0.2) is 9.84 Å². The number of piperidine rings is 1. The highest BCUT2D eigenvalue weighted by Gasteiger charge is 2.28. The van der Waals surface area contributed by atoms with Gasteiger partial charge in [0.25, 0.3) is 0 Å². The number of benzene rings is 1. The number of sulfone groups is 1. The summed E-state index contributed by atoms with van der Waals surface area (Å²) in [6.45, 7) is 0.800. The summed E-state index contributed by atoms with van der Waals surface area (Å²) in [5, 5.41) is 0. The molecule has 1 aromatic carbocycles. The smallest absolute Gasteiger partial charge is 0.243 e. The second kappa shape index (κ2) is 6.62. The van der Waals surface area contributed by atoms with Crippen LogP contribution in [0.25, 0.3) is 0 Å². The Morgan fingerprint density at radius 1 is 1.00 bits per heavy atom. The lowest BCUT2D eigenvalue weighted by Crippen LogP contribution is -2.42. The van der Waals surface area contributed by atoms with E-state index in [0.717, 1.165) is 6.26 Å². The summed E-state index contributed by atoms with van der Waals surface area (Å²) < 4.78 is 48.9. The SMILES string of the molecule is CS(=O)(=O)c1ccc(S(=O)(=O)N2CCC(N)CC2)cc1.Cl. The Morgan fingerprint density at radius 2 is 1.43 bits per heavy atom. The number of nitrogens with two attached hydrogens (primary N) is 1. The fourth-order valence-corrected chi connectivity index (χ4v) is 4.22. The molecule has 0 spiro atoms. The van der Waals surface area contributed by atoms with Gasteiger partial charge in [-0.15, -0.1) is 12.4 Å². The first-order valence-corrected chi connectivity index (χ1v) is 9.60. The van der Waals surface area contributed by atoms with Crippen molar-refractivity contribution in [2.45, 2.75) is 28.7 Å². The minimum atomic E-state index is -3.56. The standard InChI is InChI=1S/C12H18N2O4S2.ClH/c1-19(15,16)11-2-4-12(5-3-11)20(17,18)14-8-6-10(13)7-9-14;/h2-5,10H,6-9,13H2,1H3;1H. The summed E-state index contributed by atoms with van der Waals surface area (Å²) in [6, 6.07) is 5.35. The molecule has 0 bridgehead atoms. The zero-order chi connectivity index (χ0) is 15.0. The van der Waals surface area contributed by atoms with E-state index in [0.29, 0.717) is 25.9 Å². The molecular formula is C12H19ClN2O4S2. The molecule has 0 atom stereocenters. The lowest BCUT2D eigenvalue weighted by Gasteiger charge is -2.29. The van der Waals surface area contributed by atoms with Crippen LogP contribution in [-0.4, -0.2) is 46.5 Å². The minimum absolute atomic E-state index is 0. The number of halogens is 1. The molecule has 0 amide bonds. The van der Waals surface area contributed by atoms with Crippen molar-refractivity contribution < 1.29 is 16.8 Å². The molecule has 9 heteroatoms. The molecule has 1 aliphatic rings. The van der Waals surface area contributed by atoms with Crippen molar-refractivity contribution in [3.05, 3.63) is 24.3 Å². The molecule has 1 saturated heterocycles. The largest absolute Gasteiger partial charge is 0.328 e. The highest BCUT2D eigenvalue weighted by Crippen LogP contribution is 2.21. The molecule has 2 rings (SSSR count). The van der Waals surface area contributed by atoms with E-state index in [1.165, 1.54) is 28.6 Å². The molecule has 21 heavy (non-hydrogen) atoms. The van der Waals surface area contributed by atoms with Gasteiger partial charge in [-0.05, 0) is 37.1 Å². The maximum Gasteiger partial charge on any atom is 0.243 e. The third-order valence-electron chi connectivity index (χ3n) is 3.39. The van der Waals surface area contributed by atoms with Gasteiger partial charge in [0.2, 0.25) is 10.0 Å². The second-order valence-electron chi connectivity index (χ2n) is 4.99. The average Bonchev–Trinajstić information content (AvgIpc) is 2.38. The van der Waals surface area contributed by atoms with E-state index in [9.17, 15) is 16.8 Å². The van der Waals surface area contributed by atoms with Gasteiger partial charge in [0, 0.05) is 25.4 Å². The Bertz CT molecular complexity index is 678. The summed E-state index contributed by atoms with van der Waals surface area (Å²) in [4.78, 5) is 0.220. The molecule has 1 aliphatic heterocycles. The number of hydrogen-bond donors (Lipinski definition) is 1. The first kappa shape index (κ1) is 18.4. The van der Waals surface area contributed by atoms with Crippen LogP contribution < -0.4 is 5.73 Å². The molecule has 2 N–H and O–H groups in total. The van der Waals surface area contributed by atoms with Crippen LogP contribution in [0.15, 0.2) is 34.1 Å². The summed E-state index contributed by atoms with van der Waals surface area (Å²) in [6.07, 6.45) is 2.36. The molecule has 0 aromatic heterocycles. The first-order chi connectivity index (χ1) is 9.21. The van der Waals surface area contributed by atoms with Crippen molar-refractivity contribution in [2.24, 2.45) is 5.73 Å². The maximum absolute atomic E-state index is 12.4. The van der Waals surface area contributed by atoms with Gasteiger partial charge >= 0.3 is 0 Å². The van der Waals surface area contributed by atoms with Crippen LogP contribution in [0.4, 0.5) is 0 Å². The highest BCUT2D eigenvalue weighted by atomic mass is 35.5. The lowest BCUT2D eigenvalue weighted by atomic mass is 10.1. The van der Waals surface area contributed by atoms with E-state index in [4.69, 9.17) is 5.73 Å². The summed E-state index contributed by atoms with van der Waals surface area (Å²) in [7, 11) is -6.89. The van der Waals surface area contributed by atoms with E-state index >= 15 is 0 Å². The highest BCUT2D eigenvalue weighted by molar-refractivity contribution is 7.90. The predicted octanol–water partition coefficient (Wildman–Crippen LogP) is 0.624. The van der Waals surface area contributed by atoms with Crippen LogP contribution in [0.2, 0.25) is 0 Å². The number of rotatable bonds is 3. The van der Waals surface area contributed by atoms with Crippen LogP contribution >= 0.6 is 12.4 Å². The molecule has 6 nitrogen and oxygen atoms in total. The van der Waals surface area contributed by atoms with Gasteiger partial charge in [-0.1, -0.05) is 0 Å². The van der Waals surface area contributed by atoms with E-state index in [2.05, 4.69) is 0 Å². The molecule has 120 valence electrons. The van der Waals surface area contributed by atoms with Crippen LogP contribution in [0, 0.1) is 0 Å². The minimum Gasteiger partial charge on any atom is -0.328 e. The lowest BCUT2D eigenvalue weighted by molar-refractivity contribution is 0.320. The number of nitrogens with zero attached hydrogens (tertiary/aromatic N) is 1. The first-order valence-electron chi connectivity index (χ1n) is 6.27. The van der Waals surface area contributed by atoms with Crippen molar-refractivity contribution in [2.75, 3.05) is 19.3 Å². The molecule has 0 radical (unpaired) electrons. The van der Waals surface area contributed by atoms with Gasteiger partial charge in [-0.3, -0.25) is 0 Å². The van der Waals surface area contributed by atoms with Gasteiger partial charge in [-0.25, -0.2) is 16.8 Å². The monoisotopic (exact) mass is 354 g/mol. The molecule has 0 aliphatic carbocycles. The fraction of sp³-hybridized carbons (Fsp3) is 0.500. The van der Waals surface area contributed by atoms with E-state index < -0.39 is 19.9 Å². The quantitative estimate of drug-likeness (QED) is 0.858. The molecular weight excluding hydrogens is 336 g/mol. The number of hydrogen-bond acceptors (Lipinski definition) is 5. The second-order valence-corrected chi connectivity index (χ2v) is 8.94. The maximum atomic E-state index is 12.4. The summed E-state index contributed by atoms with van der Waals surface area (Å²) >= 11 is 0. The van der Waals surface area contributed by atoms with Gasteiger partial charge in [0.05, 0.1) is 9.79 Å². The zero-order valence-corrected chi connectivity index (χ0v) is 14.0. The van der Waals surface area contributed by atoms with E-state index in [1.54, 1.807) is 0 Å². The van der Waals surface area contributed by atoms with Gasteiger partial charge in [-0.2, -0.15) is 4.31 Å². The van der Waals surface area contributed by atoms with E-state index in [-0.39, 0.29) is 28.2 Å².